The van der Waals surface area contributed by atoms with Crippen LogP contribution in [0.5, 0.6) is 0 Å². The van der Waals surface area contributed by atoms with E-state index in [1.807, 2.05) is 38.5 Å². The van der Waals surface area contributed by atoms with E-state index < -0.39 is 0 Å². The van der Waals surface area contributed by atoms with E-state index in [4.69, 9.17) is 0 Å². The average Bonchev–Trinajstić information content (AvgIpc) is 3.20. The Kier molecular flexibility index (Phi) is 7.26. The molecule has 2 aliphatic rings. The molecule has 2 fully saturated rings. The molecule has 5 heteroatoms. The predicted octanol–water partition coefficient (Wildman–Crippen LogP) is 8.00. The topological polar surface area (TPSA) is 52.7 Å². The number of nitrogens with zero attached hydrogens (tertiary/aromatic N) is 1. The molecule has 4 nitrogen and oxygen atoms in total. The van der Waals surface area contributed by atoms with Crippen molar-refractivity contribution in [1.82, 2.24) is 15.3 Å². The summed E-state index contributed by atoms with van der Waals surface area (Å²) in [6.07, 6.45) is 13.6. The number of pyridine rings is 1. The summed E-state index contributed by atoms with van der Waals surface area (Å²) in [5, 5.41) is 7.13. The molecular weight excluding hydrogens is 459 g/mol. The van der Waals surface area contributed by atoms with Crippen LogP contribution in [0.25, 0.3) is 17.3 Å². The number of aryl methyl sites for hydroxylation is 1. The van der Waals surface area contributed by atoms with Crippen molar-refractivity contribution in [3.8, 4) is 11.3 Å². The highest BCUT2D eigenvalue weighted by Crippen LogP contribution is 2.49. The van der Waals surface area contributed by atoms with Crippen molar-refractivity contribution >= 4 is 17.5 Å². The Balaban J connectivity index is 1.59. The summed E-state index contributed by atoms with van der Waals surface area (Å²) in [7, 11) is 2.04. The lowest BCUT2D eigenvalue weighted by atomic mass is 9.61. The molecule has 0 amide bonds. The van der Waals surface area contributed by atoms with Gasteiger partial charge in [-0.25, -0.2) is 4.39 Å². The molecule has 3 N–H and O–H groups in total. The monoisotopic (exact) mass is 500 g/mol. The molecule has 0 radical (unpaired) electrons. The summed E-state index contributed by atoms with van der Waals surface area (Å²) in [6.45, 7) is 11.0. The standard InChI is InChI=1S/C32H41FN4/c1-6-22-26(33)9-8-10-28(22)36-30-23(7-2)29(25-13-14-27(25)34-5)37-31(30)24-16-18-35-19-20(24)11-12-21-15-17-32(21,3)4/h7-10,16,18-19,21,25,27,34,36-37H,2,6,11-15,17H2,1,3-5H3. The minimum atomic E-state index is -0.174. The summed E-state index contributed by atoms with van der Waals surface area (Å²) in [5.41, 5.74) is 8.67. The molecule has 2 aromatic heterocycles. The first-order valence-electron chi connectivity index (χ1n) is 13.9. The first-order valence-corrected chi connectivity index (χ1v) is 13.9. The molecule has 1 aromatic carbocycles. The summed E-state index contributed by atoms with van der Waals surface area (Å²) < 4.78 is 14.7. The van der Waals surface area contributed by atoms with Gasteiger partial charge in [-0.05, 0) is 87.1 Å². The number of aromatic nitrogens is 2. The van der Waals surface area contributed by atoms with Crippen LogP contribution in [0.15, 0.2) is 43.2 Å². The average molecular weight is 501 g/mol. The first kappa shape index (κ1) is 25.7. The van der Waals surface area contributed by atoms with E-state index in [9.17, 15) is 4.39 Å². The van der Waals surface area contributed by atoms with Gasteiger partial charge in [0.2, 0.25) is 0 Å². The van der Waals surface area contributed by atoms with Gasteiger partial charge in [-0.3, -0.25) is 4.98 Å². The fourth-order valence-electron chi connectivity index (χ4n) is 6.39. The van der Waals surface area contributed by atoms with Crippen molar-refractivity contribution in [3.63, 3.8) is 0 Å². The smallest absolute Gasteiger partial charge is 0.128 e. The minimum absolute atomic E-state index is 0.174. The molecule has 37 heavy (non-hydrogen) atoms. The van der Waals surface area contributed by atoms with Gasteiger partial charge in [0.05, 0.1) is 11.4 Å². The van der Waals surface area contributed by atoms with Crippen LogP contribution in [0, 0.1) is 17.2 Å². The Morgan fingerprint density at radius 3 is 2.68 bits per heavy atom. The third kappa shape index (κ3) is 4.74. The van der Waals surface area contributed by atoms with E-state index in [2.05, 4.69) is 47.1 Å². The number of rotatable bonds is 10. The second-order valence-corrected chi connectivity index (χ2v) is 11.5. The molecule has 3 atom stereocenters. The Hall–Kier alpha value is -2.92. The van der Waals surface area contributed by atoms with Crippen molar-refractivity contribution in [2.45, 2.75) is 77.7 Å². The van der Waals surface area contributed by atoms with Crippen LogP contribution in [0.4, 0.5) is 15.8 Å². The molecule has 0 spiro atoms. The Morgan fingerprint density at radius 1 is 1.22 bits per heavy atom. The zero-order valence-corrected chi connectivity index (χ0v) is 22.8. The van der Waals surface area contributed by atoms with Crippen molar-refractivity contribution in [3.05, 3.63) is 71.4 Å². The van der Waals surface area contributed by atoms with E-state index in [0.29, 0.717) is 29.4 Å². The predicted molar refractivity (Wildman–Crippen MR) is 153 cm³/mol. The third-order valence-electron chi connectivity index (χ3n) is 9.20. The summed E-state index contributed by atoms with van der Waals surface area (Å²) in [4.78, 5) is 8.34. The second kappa shape index (κ2) is 10.4. The molecule has 0 aliphatic heterocycles. The summed E-state index contributed by atoms with van der Waals surface area (Å²) in [5.74, 6) is 0.977. The van der Waals surface area contributed by atoms with Crippen molar-refractivity contribution in [2.75, 3.05) is 12.4 Å². The number of hydrogen-bond acceptors (Lipinski definition) is 3. The van der Waals surface area contributed by atoms with Gasteiger partial charge in [-0.2, -0.15) is 0 Å². The number of H-pyrrole nitrogens is 1. The molecule has 196 valence electrons. The second-order valence-electron chi connectivity index (χ2n) is 11.5. The Morgan fingerprint density at radius 2 is 2.05 bits per heavy atom. The lowest BCUT2D eigenvalue weighted by Crippen LogP contribution is -2.40. The minimum Gasteiger partial charge on any atom is -0.356 e. The van der Waals surface area contributed by atoms with Crippen LogP contribution in [-0.4, -0.2) is 23.1 Å². The third-order valence-corrected chi connectivity index (χ3v) is 9.20. The van der Waals surface area contributed by atoms with Crippen LogP contribution in [0.1, 0.15) is 81.2 Å². The highest BCUT2D eigenvalue weighted by Gasteiger charge is 2.38. The van der Waals surface area contributed by atoms with Gasteiger partial charge >= 0.3 is 0 Å². The SMILES string of the molecule is C=Cc1c(C2CCC2NC)[nH]c(-c2ccncc2CCC2CCC2(C)C)c1Nc1cccc(F)c1CC. The molecule has 0 saturated heterocycles. The fraction of sp³-hybridized carbons (Fsp3) is 0.469. The van der Waals surface area contributed by atoms with Gasteiger partial charge in [0, 0.05) is 52.4 Å². The number of hydrogen-bond donors (Lipinski definition) is 3. The van der Waals surface area contributed by atoms with Gasteiger partial charge in [0.15, 0.2) is 0 Å². The Labute approximate surface area is 221 Å². The number of benzene rings is 1. The van der Waals surface area contributed by atoms with Gasteiger partial charge in [-0.15, -0.1) is 0 Å². The van der Waals surface area contributed by atoms with Crippen LogP contribution < -0.4 is 10.6 Å². The van der Waals surface area contributed by atoms with E-state index in [-0.39, 0.29) is 5.82 Å². The molecule has 0 bridgehead atoms. The van der Waals surface area contributed by atoms with Crippen molar-refractivity contribution in [1.29, 1.82) is 0 Å². The van der Waals surface area contributed by atoms with Gasteiger partial charge in [-0.1, -0.05) is 39.5 Å². The zero-order valence-electron chi connectivity index (χ0n) is 22.8. The first-order chi connectivity index (χ1) is 17.9. The number of nitrogens with one attached hydrogen (secondary N) is 3. The summed E-state index contributed by atoms with van der Waals surface area (Å²) in [6, 6.07) is 7.85. The Bertz CT molecular complexity index is 1270. The number of halogens is 1. The highest BCUT2D eigenvalue weighted by atomic mass is 19.1. The molecule has 3 unspecified atom stereocenters. The normalized spacial score (nSPS) is 22.2. The van der Waals surface area contributed by atoms with Crippen LogP contribution in [0.2, 0.25) is 0 Å². The number of aromatic amines is 1. The maximum Gasteiger partial charge on any atom is 0.128 e. The van der Waals surface area contributed by atoms with E-state index >= 15 is 0 Å². The maximum atomic E-state index is 14.7. The van der Waals surface area contributed by atoms with E-state index in [0.717, 1.165) is 47.8 Å². The van der Waals surface area contributed by atoms with Gasteiger partial charge in [0.25, 0.3) is 0 Å². The fourth-order valence-corrected chi connectivity index (χ4v) is 6.39. The molecular formula is C32H41FN4. The van der Waals surface area contributed by atoms with E-state index in [1.165, 1.54) is 42.1 Å². The lowest BCUT2D eigenvalue weighted by molar-refractivity contribution is 0.0650. The van der Waals surface area contributed by atoms with Gasteiger partial charge in [0.1, 0.15) is 5.82 Å². The molecule has 2 heterocycles. The van der Waals surface area contributed by atoms with Crippen LogP contribution in [0.3, 0.4) is 0 Å². The van der Waals surface area contributed by atoms with Crippen molar-refractivity contribution < 1.29 is 4.39 Å². The van der Waals surface area contributed by atoms with Crippen LogP contribution >= 0.6 is 0 Å². The summed E-state index contributed by atoms with van der Waals surface area (Å²) >= 11 is 0. The quantitative estimate of drug-likeness (QED) is 0.264. The zero-order chi connectivity index (χ0) is 26.2. The largest absolute Gasteiger partial charge is 0.356 e. The van der Waals surface area contributed by atoms with Gasteiger partial charge < -0.3 is 15.6 Å². The molecule has 3 aromatic rings. The molecule has 2 saturated carbocycles. The van der Waals surface area contributed by atoms with Crippen LogP contribution in [-0.2, 0) is 12.8 Å². The highest BCUT2D eigenvalue weighted by molar-refractivity contribution is 5.89. The number of anilines is 2. The maximum absolute atomic E-state index is 14.7. The number of likely N-dealkylation sites (N-methyl/N-ethyl adjacent to an activating group) is 1. The molecule has 5 rings (SSSR count). The van der Waals surface area contributed by atoms with Crippen molar-refractivity contribution in [2.24, 2.45) is 11.3 Å². The molecule has 2 aliphatic carbocycles. The van der Waals surface area contributed by atoms with E-state index in [1.54, 1.807) is 6.07 Å². The lowest BCUT2D eigenvalue weighted by Gasteiger charge is -2.45.